The average Bonchev–Trinajstić information content (AvgIpc) is 3.22. The van der Waals surface area contributed by atoms with Crippen molar-refractivity contribution in [2.24, 2.45) is 13.0 Å². The van der Waals surface area contributed by atoms with Crippen LogP contribution >= 0.6 is 0 Å². The van der Waals surface area contributed by atoms with E-state index in [0.29, 0.717) is 12.2 Å². The normalized spacial score (nSPS) is 24.7. The number of nitrogens with zero attached hydrogens (tertiary/aromatic N) is 2. The Morgan fingerprint density at radius 3 is 2.31 bits per heavy atom. The van der Waals surface area contributed by atoms with Gasteiger partial charge in [0.05, 0.1) is 5.69 Å². The predicted molar refractivity (Wildman–Crippen MR) is 86.7 cm³/mol. The van der Waals surface area contributed by atoms with E-state index in [2.05, 4.69) is 15.7 Å². The molecule has 26 heavy (non-hydrogen) atoms. The summed E-state index contributed by atoms with van der Waals surface area (Å²) in [7, 11) is 1.69. The van der Waals surface area contributed by atoms with E-state index < -0.39 is 23.9 Å². The monoisotopic (exact) mass is 374 g/mol. The Kier molecular flexibility index (Phi) is 3.96. The fourth-order valence-corrected chi connectivity index (χ4v) is 3.99. The number of rotatable bonds is 5. The third-order valence-electron chi connectivity index (χ3n) is 5.46. The van der Waals surface area contributed by atoms with Crippen LogP contribution < -0.4 is 10.6 Å². The van der Waals surface area contributed by atoms with Crippen LogP contribution in [0.25, 0.3) is 0 Å². The van der Waals surface area contributed by atoms with E-state index in [4.69, 9.17) is 0 Å². The number of anilines is 1. The van der Waals surface area contributed by atoms with Crippen LogP contribution in [0.3, 0.4) is 0 Å². The minimum atomic E-state index is -2.69. The molecule has 1 aromatic rings. The first-order valence-corrected chi connectivity index (χ1v) is 9.01. The minimum Gasteiger partial charge on any atom is -0.335 e. The number of nitrogens with one attached hydrogen (secondary N) is 2. The summed E-state index contributed by atoms with van der Waals surface area (Å²) >= 11 is 0. The number of alkyl halides is 4. The molecule has 0 radical (unpaired) electrons. The second kappa shape index (κ2) is 5.85. The van der Waals surface area contributed by atoms with Crippen molar-refractivity contribution in [1.82, 2.24) is 15.1 Å². The third kappa shape index (κ3) is 3.53. The van der Waals surface area contributed by atoms with E-state index in [9.17, 15) is 22.4 Å². The standard InChI is InChI=1S/C17H22F4N4O/c1-25-14(23-15(26)22-11-7-17(20,21)8-11)13(10-2-3-10)12(24-25)4-9-5-16(18,19)6-9/h9-11H,2-8H2,1H3,(H2,22,23,26). The van der Waals surface area contributed by atoms with Crippen LogP contribution in [0.4, 0.5) is 28.2 Å². The Hall–Kier alpha value is -1.80. The third-order valence-corrected chi connectivity index (χ3v) is 5.46. The maximum Gasteiger partial charge on any atom is 0.320 e. The molecule has 9 heteroatoms. The number of carbonyl (C=O) groups excluding carboxylic acids is 1. The van der Waals surface area contributed by atoms with Gasteiger partial charge in [-0.15, -0.1) is 0 Å². The fraction of sp³-hybridized carbons (Fsp3) is 0.765. The minimum absolute atomic E-state index is 0.0868. The topological polar surface area (TPSA) is 59.0 Å². The van der Waals surface area contributed by atoms with Crippen LogP contribution in [0, 0.1) is 5.92 Å². The van der Waals surface area contributed by atoms with Crippen LogP contribution in [0.15, 0.2) is 0 Å². The van der Waals surface area contributed by atoms with Crippen LogP contribution in [0.2, 0.25) is 0 Å². The Morgan fingerprint density at radius 2 is 1.77 bits per heavy atom. The lowest BCUT2D eigenvalue weighted by molar-refractivity contribution is -0.110. The molecule has 1 aromatic heterocycles. The van der Waals surface area contributed by atoms with Crippen molar-refractivity contribution in [3.63, 3.8) is 0 Å². The first-order valence-electron chi connectivity index (χ1n) is 9.01. The second-order valence-electron chi connectivity index (χ2n) is 8.00. The first-order chi connectivity index (χ1) is 12.1. The summed E-state index contributed by atoms with van der Waals surface area (Å²) in [6, 6.07) is -1.06. The van der Waals surface area contributed by atoms with Crippen molar-refractivity contribution in [1.29, 1.82) is 0 Å². The summed E-state index contributed by atoms with van der Waals surface area (Å²) in [5.74, 6) is -4.52. The van der Waals surface area contributed by atoms with Gasteiger partial charge < -0.3 is 5.32 Å². The van der Waals surface area contributed by atoms with E-state index >= 15 is 0 Å². The lowest BCUT2D eigenvalue weighted by atomic mass is 9.78. The Morgan fingerprint density at radius 1 is 1.15 bits per heavy atom. The van der Waals surface area contributed by atoms with E-state index in [1.807, 2.05) is 0 Å². The highest BCUT2D eigenvalue weighted by Crippen LogP contribution is 2.48. The molecule has 0 aromatic carbocycles. The van der Waals surface area contributed by atoms with E-state index in [1.54, 1.807) is 11.7 Å². The summed E-state index contributed by atoms with van der Waals surface area (Å²) in [6.45, 7) is 0. The van der Waals surface area contributed by atoms with Crippen LogP contribution in [0.5, 0.6) is 0 Å². The maximum absolute atomic E-state index is 13.1. The molecule has 4 rings (SSSR count). The van der Waals surface area contributed by atoms with Crippen molar-refractivity contribution in [3.05, 3.63) is 11.3 Å². The zero-order valence-electron chi connectivity index (χ0n) is 14.5. The lowest BCUT2D eigenvalue weighted by Gasteiger charge is -2.35. The molecule has 3 saturated carbocycles. The van der Waals surface area contributed by atoms with Crippen molar-refractivity contribution >= 4 is 11.8 Å². The Balaban J connectivity index is 1.43. The fourth-order valence-electron chi connectivity index (χ4n) is 3.99. The molecule has 5 nitrogen and oxygen atoms in total. The highest BCUT2D eigenvalue weighted by atomic mass is 19.3. The van der Waals surface area contributed by atoms with E-state index in [-0.39, 0.29) is 37.5 Å². The Bertz CT molecular complexity index is 713. The van der Waals surface area contributed by atoms with Crippen LogP contribution in [-0.2, 0) is 13.5 Å². The summed E-state index contributed by atoms with van der Waals surface area (Å²) in [5.41, 5.74) is 1.68. The highest BCUT2D eigenvalue weighted by Gasteiger charge is 2.47. The largest absolute Gasteiger partial charge is 0.335 e. The second-order valence-corrected chi connectivity index (χ2v) is 8.00. The van der Waals surface area contributed by atoms with Gasteiger partial charge in [-0.1, -0.05) is 0 Å². The molecule has 144 valence electrons. The lowest BCUT2D eigenvalue weighted by Crippen LogP contribution is -2.51. The molecule has 3 fully saturated rings. The van der Waals surface area contributed by atoms with Gasteiger partial charge in [-0.2, -0.15) is 5.10 Å². The molecule has 0 unspecified atom stereocenters. The van der Waals surface area contributed by atoms with Gasteiger partial charge in [0, 0.05) is 44.3 Å². The number of aryl methyl sites for hydroxylation is 1. The molecule has 3 aliphatic carbocycles. The molecular weight excluding hydrogens is 352 g/mol. The van der Waals surface area contributed by atoms with Gasteiger partial charge in [-0.25, -0.2) is 22.4 Å². The molecule has 2 amide bonds. The van der Waals surface area contributed by atoms with Crippen molar-refractivity contribution in [2.45, 2.75) is 68.8 Å². The van der Waals surface area contributed by atoms with E-state index in [0.717, 1.165) is 24.1 Å². The smallest absolute Gasteiger partial charge is 0.320 e. The van der Waals surface area contributed by atoms with Crippen LogP contribution in [0.1, 0.15) is 55.7 Å². The zero-order chi connectivity index (χ0) is 18.7. The molecule has 0 aliphatic heterocycles. The van der Waals surface area contributed by atoms with E-state index in [1.165, 1.54) is 0 Å². The van der Waals surface area contributed by atoms with Gasteiger partial charge in [0.25, 0.3) is 5.92 Å². The van der Waals surface area contributed by atoms with Gasteiger partial charge in [-0.3, -0.25) is 10.00 Å². The van der Waals surface area contributed by atoms with Gasteiger partial charge in [0.15, 0.2) is 0 Å². The number of halogens is 4. The summed E-state index contributed by atoms with van der Waals surface area (Å²) in [6.07, 6.45) is 1.51. The Labute approximate surface area is 148 Å². The zero-order valence-corrected chi connectivity index (χ0v) is 14.5. The molecule has 3 aliphatic rings. The molecule has 0 bridgehead atoms. The summed E-state index contributed by atoms with van der Waals surface area (Å²) in [5, 5.41) is 9.72. The maximum atomic E-state index is 13.1. The SMILES string of the molecule is Cn1nc(CC2CC(F)(F)C2)c(C2CC2)c1NC(=O)NC1CC(F)(F)C1. The van der Waals surface area contributed by atoms with Gasteiger partial charge in [0.1, 0.15) is 5.82 Å². The average molecular weight is 374 g/mol. The number of carbonyl (C=O) groups is 1. The molecule has 1 heterocycles. The summed E-state index contributed by atoms with van der Waals surface area (Å²) in [4.78, 5) is 12.2. The quantitative estimate of drug-likeness (QED) is 0.770. The summed E-state index contributed by atoms with van der Waals surface area (Å²) < 4.78 is 53.5. The van der Waals surface area contributed by atoms with Gasteiger partial charge in [-0.05, 0) is 31.1 Å². The molecule has 0 spiro atoms. The number of aromatic nitrogens is 2. The van der Waals surface area contributed by atoms with Crippen molar-refractivity contribution in [3.8, 4) is 0 Å². The van der Waals surface area contributed by atoms with Crippen LogP contribution in [-0.4, -0.2) is 33.7 Å². The number of hydrogen-bond acceptors (Lipinski definition) is 2. The predicted octanol–water partition coefficient (Wildman–Crippen LogP) is 3.80. The van der Waals surface area contributed by atoms with Crippen molar-refractivity contribution in [2.75, 3.05) is 5.32 Å². The number of amides is 2. The highest BCUT2D eigenvalue weighted by molar-refractivity contribution is 5.89. The molecule has 0 atom stereocenters. The number of urea groups is 1. The molecule has 2 N–H and O–H groups in total. The van der Waals surface area contributed by atoms with Gasteiger partial charge >= 0.3 is 6.03 Å². The van der Waals surface area contributed by atoms with Gasteiger partial charge in [0.2, 0.25) is 5.92 Å². The van der Waals surface area contributed by atoms with Crippen molar-refractivity contribution < 1.29 is 22.4 Å². The molecular formula is C17H22F4N4O. The molecule has 0 saturated heterocycles. The first kappa shape index (κ1) is 17.6. The number of hydrogen-bond donors (Lipinski definition) is 2.